The minimum Gasteiger partial charge on any atom is -0.481 e. The van der Waals surface area contributed by atoms with E-state index in [2.05, 4.69) is 0 Å². The predicted octanol–water partition coefficient (Wildman–Crippen LogP) is 1.73. The summed E-state index contributed by atoms with van der Waals surface area (Å²) in [5.74, 6) is 1.33. The second-order valence-electron chi connectivity index (χ2n) is 5.35. The number of carboxylic acid groups (broad SMARTS) is 1. The quantitative estimate of drug-likeness (QED) is 0.840. The normalized spacial score (nSPS) is 28.3. The van der Waals surface area contributed by atoms with Gasteiger partial charge in [-0.25, -0.2) is 4.79 Å². The van der Waals surface area contributed by atoms with E-state index in [1.165, 1.54) is 0 Å². The molecule has 0 aliphatic carbocycles. The van der Waals surface area contributed by atoms with E-state index in [-0.39, 0.29) is 6.03 Å². The summed E-state index contributed by atoms with van der Waals surface area (Å²) in [5, 5.41) is 9.36. The fourth-order valence-electron chi connectivity index (χ4n) is 2.79. The summed E-state index contributed by atoms with van der Waals surface area (Å²) in [5.41, 5.74) is -0.726. The lowest BCUT2D eigenvalue weighted by atomic mass is 9.84. The van der Waals surface area contributed by atoms with Crippen LogP contribution in [0.25, 0.3) is 0 Å². The molecule has 0 spiro atoms. The molecule has 0 saturated carbocycles. The molecule has 108 valence electrons. The number of likely N-dealkylation sites (tertiary alicyclic amines) is 1. The van der Waals surface area contributed by atoms with E-state index < -0.39 is 11.4 Å². The van der Waals surface area contributed by atoms with Gasteiger partial charge in [-0.2, -0.15) is 11.8 Å². The Hall–Kier alpha value is -0.910. The van der Waals surface area contributed by atoms with E-state index in [0.717, 1.165) is 31.0 Å². The summed E-state index contributed by atoms with van der Waals surface area (Å²) in [6.45, 7) is 4.41. The summed E-state index contributed by atoms with van der Waals surface area (Å²) < 4.78 is 0. The van der Waals surface area contributed by atoms with E-state index >= 15 is 0 Å². The van der Waals surface area contributed by atoms with Gasteiger partial charge in [0.25, 0.3) is 0 Å². The third kappa shape index (κ3) is 2.99. The number of thioether (sulfide) groups is 1. The lowest BCUT2D eigenvalue weighted by Gasteiger charge is -2.28. The number of rotatable bonds is 2. The maximum atomic E-state index is 12.4. The van der Waals surface area contributed by atoms with Crippen LogP contribution in [0.4, 0.5) is 4.79 Å². The SMILES string of the molecule is CCC1(C(=O)O)CCN(C(=O)N2CCCSCC2)C1. The molecule has 0 aromatic heterocycles. The molecule has 1 unspecified atom stereocenters. The summed E-state index contributed by atoms with van der Waals surface area (Å²) in [7, 11) is 0. The number of carbonyl (C=O) groups is 2. The van der Waals surface area contributed by atoms with Crippen LogP contribution in [0.3, 0.4) is 0 Å². The molecule has 2 aliphatic rings. The number of hydrogen-bond acceptors (Lipinski definition) is 3. The molecule has 0 aromatic carbocycles. The molecule has 2 heterocycles. The maximum Gasteiger partial charge on any atom is 0.320 e. The lowest BCUT2D eigenvalue weighted by Crippen LogP contribution is -2.44. The van der Waals surface area contributed by atoms with Crippen molar-refractivity contribution in [1.82, 2.24) is 9.80 Å². The highest BCUT2D eigenvalue weighted by molar-refractivity contribution is 7.99. The number of urea groups is 1. The predicted molar refractivity (Wildman–Crippen MR) is 75.5 cm³/mol. The van der Waals surface area contributed by atoms with Crippen LogP contribution in [-0.4, -0.2) is 64.6 Å². The fraction of sp³-hybridized carbons (Fsp3) is 0.846. The molecule has 2 rings (SSSR count). The van der Waals surface area contributed by atoms with Crippen LogP contribution < -0.4 is 0 Å². The number of hydrogen-bond donors (Lipinski definition) is 1. The van der Waals surface area contributed by atoms with Crippen molar-refractivity contribution in [2.24, 2.45) is 5.41 Å². The van der Waals surface area contributed by atoms with E-state index in [0.29, 0.717) is 25.9 Å². The van der Waals surface area contributed by atoms with E-state index in [1.54, 1.807) is 4.90 Å². The molecule has 1 atom stereocenters. The summed E-state index contributed by atoms with van der Waals surface area (Å²) in [6, 6.07) is 0.0269. The number of amides is 2. The average Bonchev–Trinajstić information content (AvgIpc) is 2.67. The second kappa shape index (κ2) is 6.03. The summed E-state index contributed by atoms with van der Waals surface area (Å²) in [4.78, 5) is 27.4. The van der Waals surface area contributed by atoms with Crippen molar-refractivity contribution < 1.29 is 14.7 Å². The third-order valence-electron chi connectivity index (χ3n) is 4.25. The molecule has 6 heteroatoms. The molecule has 2 aliphatic heterocycles. The molecule has 0 radical (unpaired) electrons. The van der Waals surface area contributed by atoms with Gasteiger partial charge in [-0.05, 0) is 25.0 Å². The van der Waals surface area contributed by atoms with E-state index in [1.807, 2.05) is 23.6 Å². The standard InChI is InChI=1S/C13H22N2O3S/c1-2-13(11(16)17)4-6-15(10-13)12(18)14-5-3-8-19-9-7-14/h2-10H2,1H3,(H,16,17). The van der Waals surface area contributed by atoms with E-state index in [4.69, 9.17) is 0 Å². The lowest BCUT2D eigenvalue weighted by molar-refractivity contribution is -0.148. The maximum absolute atomic E-state index is 12.4. The first kappa shape index (κ1) is 14.5. The van der Waals surface area contributed by atoms with Crippen LogP contribution in [0.1, 0.15) is 26.2 Å². The summed E-state index contributed by atoms with van der Waals surface area (Å²) in [6.07, 6.45) is 2.19. The van der Waals surface area contributed by atoms with Crippen LogP contribution in [-0.2, 0) is 4.79 Å². The van der Waals surface area contributed by atoms with Gasteiger partial charge in [0.1, 0.15) is 0 Å². The molecular formula is C13H22N2O3S. The van der Waals surface area contributed by atoms with Crippen LogP contribution in [0.2, 0.25) is 0 Å². The van der Waals surface area contributed by atoms with Crippen LogP contribution in [0.5, 0.6) is 0 Å². The molecule has 1 N–H and O–H groups in total. The molecule has 0 bridgehead atoms. The Morgan fingerprint density at radius 1 is 1.21 bits per heavy atom. The monoisotopic (exact) mass is 286 g/mol. The fourth-order valence-corrected chi connectivity index (χ4v) is 3.67. The molecular weight excluding hydrogens is 264 g/mol. The molecule has 2 amide bonds. The topological polar surface area (TPSA) is 60.9 Å². The largest absolute Gasteiger partial charge is 0.481 e. The zero-order valence-corrected chi connectivity index (χ0v) is 12.2. The minimum absolute atomic E-state index is 0.0269. The van der Waals surface area contributed by atoms with Crippen LogP contribution in [0, 0.1) is 5.41 Å². The van der Waals surface area contributed by atoms with Crippen molar-refractivity contribution >= 4 is 23.8 Å². The Balaban J connectivity index is 1.99. The highest BCUT2D eigenvalue weighted by Gasteiger charge is 2.45. The van der Waals surface area contributed by atoms with Gasteiger partial charge < -0.3 is 14.9 Å². The first-order valence-electron chi connectivity index (χ1n) is 6.94. The Kier molecular flexibility index (Phi) is 4.60. The van der Waals surface area contributed by atoms with Gasteiger partial charge in [-0.1, -0.05) is 6.92 Å². The number of carbonyl (C=O) groups excluding carboxylic acids is 1. The van der Waals surface area contributed by atoms with Crippen molar-refractivity contribution in [2.75, 3.05) is 37.7 Å². The molecule has 5 nitrogen and oxygen atoms in total. The Morgan fingerprint density at radius 3 is 2.63 bits per heavy atom. The third-order valence-corrected chi connectivity index (χ3v) is 5.30. The van der Waals surface area contributed by atoms with Crippen molar-refractivity contribution in [2.45, 2.75) is 26.2 Å². The van der Waals surface area contributed by atoms with Crippen LogP contribution in [0.15, 0.2) is 0 Å². The van der Waals surface area contributed by atoms with Gasteiger partial charge in [-0.15, -0.1) is 0 Å². The highest BCUT2D eigenvalue weighted by atomic mass is 32.2. The van der Waals surface area contributed by atoms with Crippen LogP contribution >= 0.6 is 11.8 Å². The summed E-state index contributed by atoms with van der Waals surface area (Å²) >= 11 is 1.88. The second-order valence-corrected chi connectivity index (χ2v) is 6.57. The molecule has 0 aromatic rings. The van der Waals surface area contributed by atoms with Gasteiger partial charge in [0.05, 0.1) is 5.41 Å². The zero-order chi connectivity index (χ0) is 13.9. The van der Waals surface area contributed by atoms with Gasteiger partial charge in [0, 0.05) is 31.9 Å². The van der Waals surface area contributed by atoms with Crippen molar-refractivity contribution in [3.63, 3.8) is 0 Å². The average molecular weight is 286 g/mol. The number of nitrogens with zero attached hydrogens (tertiary/aromatic N) is 2. The van der Waals surface area contributed by atoms with Crippen molar-refractivity contribution in [1.29, 1.82) is 0 Å². The van der Waals surface area contributed by atoms with Gasteiger partial charge >= 0.3 is 12.0 Å². The van der Waals surface area contributed by atoms with Gasteiger partial charge in [0.15, 0.2) is 0 Å². The first-order valence-corrected chi connectivity index (χ1v) is 8.09. The highest BCUT2D eigenvalue weighted by Crippen LogP contribution is 2.34. The van der Waals surface area contributed by atoms with Gasteiger partial charge in [-0.3, -0.25) is 4.79 Å². The number of carboxylic acids is 1. The van der Waals surface area contributed by atoms with Gasteiger partial charge in [0.2, 0.25) is 0 Å². The first-order chi connectivity index (χ1) is 9.09. The van der Waals surface area contributed by atoms with E-state index in [9.17, 15) is 14.7 Å². The molecule has 2 saturated heterocycles. The Labute approximate surface area is 118 Å². The Morgan fingerprint density at radius 2 is 2.00 bits per heavy atom. The zero-order valence-electron chi connectivity index (χ0n) is 11.4. The molecule has 19 heavy (non-hydrogen) atoms. The minimum atomic E-state index is -0.767. The Bertz CT molecular complexity index is 356. The smallest absolute Gasteiger partial charge is 0.320 e. The van der Waals surface area contributed by atoms with Crippen molar-refractivity contribution in [3.05, 3.63) is 0 Å². The molecule has 2 fully saturated rings. The number of aliphatic carboxylic acids is 1. The van der Waals surface area contributed by atoms with Crippen molar-refractivity contribution in [3.8, 4) is 0 Å².